The Morgan fingerprint density at radius 1 is 0.625 bits per heavy atom. The first kappa shape index (κ1) is 22.1. The number of aliphatic hydroxyl groups is 3. The van der Waals surface area contributed by atoms with Crippen LogP contribution in [-0.2, 0) is 0 Å². The van der Waals surface area contributed by atoms with E-state index in [2.05, 4.69) is 0 Å². The van der Waals surface area contributed by atoms with Crippen molar-refractivity contribution in [1.29, 1.82) is 0 Å². The predicted molar refractivity (Wildman–Crippen MR) is 113 cm³/mol. The van der Waals surface area contributed by atoms with Gasteiger partial charge in [0.1, 0.15) is 0 Å². The number of rotatable bonds is 7. The lowest BCUT2D eigenvalue weighted by molar-refractivity contribution is 0.0371. The summed E-state index contributed by atoms with van der Waals surface area (Å²) in [4.78, 5) is 54.6. The molecule has 0 spiro atoms. The molecule has 0 radical (unpaired) electrons. The fourth-order valence-electron chi connectivity index (χ4n) is 4.60. The molecule has 0 fully saturated rings. The molecule has 4 amide bonds. The summed E-state index contributed by atoms with van der Waals surface area (Å²) in [5.41, 5.74) is 0.582. The molecule has 0 aromatic heterocycles. The quantitative estimate of drug-likeness (QED) is 0.542. The molecule has 2 aromatic carbocycles. The van der Waals surface area contributed by atoms with Crippen molar-refractivity contribution in [3.63, 3.8) is 0 Å². The number of hydrogen-bond acceptors (Lipinski definition) is 7. The summed E-state index contributed by atoms with van der Waals surface area (Å²) in [7, 11) is 0. The van der Waals surface area contributed by atoms with Gasteiger partial charge >= 0.3 is 0 Å². The largest absolute Gasteiger partial charge is 0.394 e. The van der Waals surface area contributed by atoms with Gasteiger partial charge in [0.05, 0.1) is 31.9 Å². The minimum Gasteiger partial charge on any atom is -0.394 e. The maximum absolute atomic E-state index is 13.3. The number of nitrogens with zero attached hydrogens (tertiary/aromatic N) is 2. The minimum absolute atomic E-state index is 0.113. The van der Waals surface area contributed by atoms with Gasteiger partial charge < -0.3 is 15.3 Å². The summed E-state index contributed by atoms with van der Waals surface area (Å²) in [6.45, 7) is 2.27. The van der Waals surface area contributed by atoms with Crippen molar-refractivity contribution < 1.29 is 34.5 Å². The molecule has 0 saturated heterocycles. The molecule has 32 heavy (non-hydrogen) atoms. The molecular formula is C23H24N2O7. The highest BCUT2D eigenvalue weighted by atomic mass is 16.3. The summed E-state index contributed by atoms with van der Waals surface area (Å²) in [6, 6.07) is 3.91. The van der Waals surface area contributed by atoms with Crippen molar-refractivity contribution in [1.82, 2.24) is 9.80 Å². The predicted octanol–water partition coefficient (Wildman–Crippen LogP) is 0.792. The Labute approximate surface area is 183 Å². The summed E-state index contributed by atoms with van der Waals surface area (Å²) in [5.74, 6) is -2.46. The first-order valence-electron chi connectivity index (χ1n) is 10.4. The topological polar surface area (TPSA) is 135 Å². The van der Waals surface area contributed by atoms with E-state index in [4.69, 9.17) is 0 Å². The van der Waals surface area contributed by atoms with Gasteiger partial charge in [-0.2, -0.15) is 0 Å². The highest BCUT2D eigenvalue weighted by Gasteiger charge is 2.43. The second-order valence-corrected chi connectivity index (χ2v) is 8.52. The van der Waals surface area contributed by atoms with Crippen LogP contribution in [0.3, 0.4) is 0 Å². The molecule has 2 aliphatic rings. The van der Waals surface area contributed by atoms with Crippen LogP contribution >= 0.6 is 0 Å². The third-order valence-electron chi connectivity index (χ3n) is 6.06. The number of carbonyl (C=O) groups is 4. The Morgan fingerprint density at radius 3 is 1.22 bits per heavy atom. The lowest BCUT2D eigenvalue weighted by Crippen LogP contribution is -2.51. The van der Waals surface area contributed by atoms with Crippen LogP contribution in [0.15, 0.2) is 24.3 Å². The van der Waals surface area contributed by atoms with Gasteiger partial charge in [-0.05, 0) is 36.6 Å². The molecule has 0 saturated carbocycles. The molecule has 0 aliphatic carbocycles. The van der Waals surface area contributed by atoms with Gasteiger partial charge in [0.25, 0.3) is 23.6 Å². The smallest absolute Gasteiger partial charge is 0.261 e. The van der Waals surface area contributed by atoms with E-state index in [9.17, 15) is 34.5 Å². The number of carbonyl (C=O) groups excluding carboxylic acids is 4. The van der Waals surface area contributed by atoms with Crippen LogP contribution in [-0.4, -0.2) is 80.7 Å². The van der Waals surface area contributed by atoms with Crippen molar-refractivity contribution in [2.24, 2.45) is 5.92 Å². The summed E-state index contributed by atoms with van der Waals surface area (Å²) in [6.07, 6.45) is 0.429. The maximum atomic E-state index is 13.3. The monoisotopic (exact) mass is 440 g/mol. The Kier molecular flexibility index (Phi) is 5.58. The molecule has 1 unspecified atom stereocenters. The van der Waals surface area contributed by atoms with E-state index in [1.165, 1.54) is 24.3 Å². The van der Waals surface area contributed by atoms with Gasteiger partial charge in [-0.25, -0.2) is 0 Å². The van der Waals surface area contributed by atoms with Crippen LogP contribution in [0.4, 0.5) is 0 Å². The van der Waals surface area contributed by atoms with E-state index >= 15 is 0 Å². The Hall–Kier alpha value is -3.14. The maximum Gasteiger partial charge on any atom is 0.261 e. The molecule has 9 heteroatoms. The highest BCUT2D eigenvalue weighted by molar-refractivity contribution is 6.33. The van der Waals surface area contributed by atoms with Gasteiger partial charge in [0, 0.05) is 33.0 Å². The number of amides is 4. The molecule has 2 aromatic rings. The van der Waals surface area contributed by atoms with Crippen molar-refractivity contribution in [3.05, 3.63) is 46.5 Å². The number of imide groups is 2. The summed E-state index contributed by atoms with van der Waals surface area (Å²) < 4.78 is 0. The fourth-order valence-corrected chi connectivity index (χ4v) is 4.60. The SMILES string of the molecule is CC(C)CC(CO)N1C(=O)c2ccc3c4c(ccc(c24)C1=O)C(=O)N(C(CO)CO)C3=O. The number of hydrogen-bond donors (Lipinski definition) is 3. The van der Waals surface area contributed by atoms with Crippen molar-refractivity contribution >= 4 is 34.4 Å². The zero-order valence-corrected chi connectivity index (χ0v) is 17.7. The van der Waals surface area contributed by atoms with E-state index in [0.717, 1.165) is 9.80 Å². The lowest BCUT2D eigenvalue weighted by Gasteiger charge is -2.36. The lowest BCUT2D eigenvalue weighted by atomic mass is 9.85. The van der Waals surface area contributed by atoms with Crippen LogP contribution in [0.5, 0.6) is 0 Å². The third-order valence-corrected chi connectivity index (χ3v) is 6.06. The normalized spacial score (nSPS) is 16.7. The van der Waals surface area contributed by atoms with E-state index in [-0.39, 0.29) is 45.6 Å². The highest BCUT2D eigenvalue weighted by Crippen LogP contribution is 2.39. The second-order valence-electron chi connectivity index (χ2n) is 8.52. The van der Waals surface area contributed by atoms with Crippen LogP contribution in [0.25, 0.3) is 10.8 Å². The van der Waals surface area contributed by atoms with E-state index < -0.39 is 48.9 Å². The average molecular weight is 440 g/mol. The van der Waals surface area contributed by atoms with Gasteiger partial charge in [0.2, 0.25) is 0 Å². The zero-order chi connectivity index (χ0) is 23.3. The second kappa shape index (κ2) is 8.09. The summed E-state index contributed by atoms with van der Waals surface area (Å²) in [5, 5.41) is 29.3. The fraction of sp³-hybridized carbons (Fsp3) is 0.391. The van der Waals surface area contributed by atoms with Gasteiger partial charge in [-0.3, -0.25) is 29.0 Å². The molecule has 0 bridgehead atoms. The molecule has 4 rings (SSSR count). The van der Waals surface area contributed by atoms with Crippen molar-refractivity contribution in [3.8, 4) is 0 Å². The molecule has 3 N–H and O–H groups in total. The van der Waals surface area contributed by atoms with Crippen LogP contribution in [0, 0.1) is 5.92 Å². The standard InChI is InChI=1S/C23H24N2O7/c1-11(2)7-12(8-26)24-20(29)14-3-5-16-19-17(6-4-15(18(14)19)21(24)30)23(32)25(22(16)31)13(9-27)10-28/h3-6,11-13,26-28H,7-10H2,1-2H3. The molecule has 2 heterocycles. The molecular weight excluding hydrogens is 416 g/mol. The van der Waals surface area contributed by atoms with Crippen LogP contribution in [0.2, 0.25) is 0 Å². The van der Waals surface area contributed by atoms with Crippen molar-refractivity contribution in [2.75, 3.05) is 19.8 Å². The number of benzene rings is 2. The molecule has 168 valence electrons. The Bertz CT molecular complexity index is 1080. The van der Waals surface area contributed by atoms with Gasteiger partial charge in [-0.1, -0.05) is 13.8 Å². The van der Waals surface area contributed by atoms with Gasteiger partial charge in [-0.15, -0.1) is 0 Å². The molecule has 1 atom stereocenters. The minimum atomic E-state index is -1.11. The average Bonchev–Trinajstić information content (AvgIpc) is 2.77. The molecule has 2 aliphatic heterocycles. The summed E-state index contributed by atoms with van der Waals surface area (Å²) >= 11 is 0. The van der Waals surface area contributed by atoms with Gasteiger partial charge in [0.15, 0.2) is 0 Å². The van der Waals surface area contributed by atoms with Crippen LogP contribution in [0.1, 0.15) is 61.7 Å². The van der Waals surface area contributed by atoms with E-state index in [1.54, 1.807) is 0 Å². The van der Waals surface area contributed by atoms with Crippen molar-refractivity contribution in [2.45, 2.75) is 32.4 Å². The zero-order valence-electron chi connectivity index (χ0n) is 17.7. The van der Waals surface area contributed by atoms with E-state index in [1.807, 2.05) is 13.8 Å². The Balaban J connectivity index is 1.91. The first-order chi connectivity index (χ1) is 15.3. The number of aliphatic hydroxyl groups excluding tert-OH is 3. The first-order valence-corrected chi connectivity index (χ1v) is 10.4. The third kappa shape index (κ3) is 3.04. The molecule has 9 nitrogen and oxygen atoms in total. The van der Waals surface area contributed by atoms with Crippen LogP contribution < -0.4 is 0 Å². The van der Waals surface area contributed by atoms with E-state index in [0.29, 0.717) is 6.42 Å². The Morgan fingerprint density at radius 2 is 0.938 bits per heavy atom.